The van der Waals surface area contributed by atoms with E-state index in [1.54, 1.807) is 6.08 Å². The van der Waals surface area contributed by atoms with Crippen molar-refractivity contribution < 1.29 is 9.88 Å². The number of nitrogens with zero attached hydrogens (tertiary/aromatic N) is 1. The van der Waals surface area contributed by atoms with Crippen LogP contribution in [0.2, 0.25) is 0 Å². The van der Waals surface area contributed by atoms with Gasteiger partial charge in [0.1, 0.15) is 6.26 Å². The van der Waals surface area contributed by atoms with Crippen molar-refractivity contribution in [1.29, 1.82) is 0 Å². The molecule has 8 heavy (non-hydrogen) atoms. The summed E-state index contributed by atoms with van der Waals surface area (Å²) in [5, 5.41) is 0. The van der Waals surface area contributed by atoms with E-state index in [0.29, 0.717) is 9.31 Å². The van der Waals surface area contributed by atoms with Crippen molar-refractivity contribution in [2.45, 2.75) is 0 Å². The molecule has 1 aliphatic rings. The summed E-state index contributed by atoms with van der Waals surface area (Å²) >= 11 is 0. The average Bonchev–Trinajstić information content (AvgIpc) is 1.62. The molecule has 1 radical (unpaired) electrons. The maximum Gasteiger partial charge on any atom is 0.249 e. The fourth-order valence-corrected chi connectivity index (χ4v) is 0.618. The quantitative estimate of drug-likeness (QED) is 0.354. The first-order chi connectivity index (χ1) is 4.00. The third-order valence-corrected chi connectivity index (χ3v) is 1.07. The number of rotatable bonds is 0. The minimum Gasteiger partial charge on any atom is -0.276 e. The molecule has 1 rings (SSSR count). The second kappa shape index (κ2) is 3.14. The molecule has 1 aliphatic heterocycles. The van der Waals surface area contributed by atoms with E-state index >= 15 is 0 Å². The summed E-state index contributed by atoms with van der Waals surface area (Å²) in [6.45, 7) is 0. The number of allylic oxidation sites excluding steroid dienone is 2. The number of hydrogen-bond acceptors (Lipinski definition) is 3. The van der Waals surface area contributed by atoms with Crippen molar-refractivity contribution >= 4 is 9.31 Å². The molecule has 0 saturated carbocycles. The van der Waals surface area contributed by atoms with Crippen LogP contribution in [0.25, 0.3) is 0 Å². The first-order valence-corrected chi connectivity index (χ1v) is 3.12. The van der Waals surface area contributed by atoms with E-state index in [4.69, 9.17) is 0 Å². The largest absolute Gasteiger partial charge is 0.276 e. The minimum absolute atomic E-state index is 0.336. The molecule has 0 aliphatic carbocycles. The molecule has 0 aromatic rings. The van der Waals surface area contributed by atoms with Crippen LogP contribution < -0.4 is 0 Å². The van der Waals surface area contributed by atoms with Gasteiger partial charge in [-0.1, -0.05) is 16.6 Å². The summed E-state index contributed by atoms with van der Waals surface area (Å²) in [5.74, 6) is 0. The normalized spacial score (nSPS) is 24.0. The lowest BCUT2D eigenvalue weighted by Crippen LogP contribution is -1.80. The Labute approximate surface area is 49.0 Å². The zero-order valence-electron chi connectivity index (χ0n) is 4.07. The lowest BCUT2D eigenvalue weighted by molar-refractivity contribution is -0.247. The molecule has 3 nitrogen and oxygen atoms in total. The predicted molar refractivity (Wildman–Crippen MR) is 28.6 cm³/mol. The Morgan fingerprint density at radius 1 is 1.38 bits per heavy atom. The van der Waals surface area contributed by atoms with Crippen LogP contribution in [0, 0.1) is 0 Å². The monoisotopic (exact) mass is 126 g/mol. The van der Waals surface area contributed by atoms with E-state index in [9.17, 15) is 0 Å². The summed E-state index contributed by atoms with van der Waals surface area (Å²) in [6.07, 6.45) is 5.01. The molecular weight excluding hydrogens is 122 g/mol. The maximum absolute atomic E-state index is 4.38. The molecule has 0 unspecified atom stereocenters. The van der Waals surface area contributed by atoms with Gasteiger partial charge in [-0.2, -0.15) is 4.99 Å². The van der Waals surface area contributed by atoms with E-state index in [2.05, 4.69) is 14.7 Å². The Bertz CT molecular complexity index is 125. The average molecular weight is 126 g/mol. The van der Waals surface area contributed by atoms with E-state index in [1.165, 1.54) is 6.26 Å². The molecule has 0 amide bonds. The Morgan fingerprint density at radius 2 is 2.38 bits per heavy atom. The molecule has 0 atom stereocenters. The summed E-state index contributed by atoms with van der Waals surface area (Å²) in [7, 11) is 0.336. The van der Waals surface area contributed by atoms with Gasteiger partial charge in [-0.05, 0) is 6.08 Å². The number of hydrogen-bond donors (Lipinski definition) is 0. The van der Waals surface area contributed by atoms with Crippen molar-refractivity contribution in [3.63, 3.8) is 0 Å². The van der Waals surface area contributed by atoms with E-state index in [0.717, 1.165) is 0 Å². The second-order valence-corrected chi connectivity index (χ2v) is 1.85. The van der Waals surface area contributed by atoms with Crippen LogP contribution in [-0.2, 0) is 9.88 Å². The van der Waals surface area contributed by atoms with Gasteiger partial charge < -0.3 is 0 Å². The van der Waals surface area contributed by atoms with Gasteiger partial charge >= 0.3 is 0 Å². The Balaban J connectivity index is 2.51. The molecule has 1 heterocycles. The van der Waals surface area contributed by atoms with Gasteiger partial charge in [-0.3, -0.25) is 4.89 Å². The van der Waals surface area contributed by atoms with Crippen molar-refractivity contribution in [2.24, 2.45) is 4.80 Å². The molecule has 0 N–H and O–H groups in total. The molecule has 0 saturated heterocycles. The molecule has 0 aromatic carbocycles. The summed E-state index contributed by atoms with van der Waals surface area (Å²) in [4.78, 5) is 12.2. The third-order valence-electron chi connectivity index (χ3n) is 0.549. The molecule has 41 valence electrons. The van der Waals surface area contributed by atoms with Gasteiger partial charge in [0.2, 0.25) is 9.31 Å². The highest BCUT2D eigenvalue weighted by atomic mass is 28.2. The fourth-order valence-electron chi connectivity index (χ4n) is 0.274. The highest BCUT2D eigenvalue weighted by Crippen LogP contribution is 1.85. The summed E-state index contributed by atoms with van der Waals surface area (Å²) in [5.41, 5.74) is 1.89. The first-order valence-electron chi connectivity index (χ1n) is 2.10. The van der Waals surface area contributed by atoms with Crippen LogP contribution in [0.4, 0.5) is 0 Å². The maximum atomic E-state index is 4.38. The Morgan fingerprint density at radius 3 is 3.38 bits per heavy atom. The highest BCUT2D eigenvalue weighted by molar-refractivity contribution is 6.28. The second-order valence-electron chi connectivity index (χ2n) is 1.08. The van der Waals surface area contributed by atoms with Gasteiger partial charge in [0.15, 0.2) is 0 Å². The lowest BCUT2D eigenvalue weighted by Gasteiger charge is -1.90. The van der Waals surface area contributed by atoms with Gasteiger partial charge in [-0.25, -0.2) is 0 Å². The van der Waals surface area contributed by atoms with Crippen molar-refractivity contribution in [1.82, 2.24) is 0 Å². The topological polar surface area (TPSA) is 30.8 Å². The van der Waals surface area contributed by atoms with Crippen LogP contribution in [-0.4, -0.2) is 9.31 Å². The molecule has 0 spiro atoms. The minimum atomic E-state index is 0.336. The van der Waals surface area contributed by atoms with Gasteiger partial charge in [0, 0.05) is 0 Å². The van der Waals surface area contributed by atoms with Gasteiger partial charge in [0.25, 0.3) is 0 Å². The zero-order chi connectivity index (χ0) is 5.66. The Hall–Kier alpha value is -0.903. The van der Waals surface area contributed by atoms with Crippen LogP contribution in [0.15, 0.2) is 28.9 Å². The fraction of sp³-hybridized carbons (Fsp3) is 0. The lowest BCUT2D eigenvalue weighted by atomic mass is 10.6. The third kappa shape index (κ3) is 1.70. The van der Waals surface area contributed by atoms with Crippen molar-refractivity contribution in [3.05, 3.63) is 24.1 Å². The van der Waals surface area contributed by atoms with E-state index < -0.39 is 0 Å². The molecule has 0 bridgehead atoms. The first kappa shape index (κ1) is 5.24. The molecular formula is C4H4NO2Si. The van der Waals surface area contributed by atoms with Crippen LogP contribution in [0.1, 0.15) is 0 Å². The Kier molecular flexibility index (Phi) is 2.06. The van der Waals surface area contributed by atoms with Crippen LogP contribution >= 0.6 is 0 Å². The van der Waals surface area contributed by atoms with Gasteiger partial charge in [-0.15, -0.1) is 0 Å². The zero-order valence-corrected chi connectivity index (χ0v) is 5.07. The molecule has 0 fully saturated rings. The molecule has 4 heteroatoms. The summed E-state index contributed by atoms with van der Waals surface area (Å²) in [6, 6.07) is 0. The van der Waals surface area contributed by atoms with Gasteiger partial charge in [0.05, 0.1) is 0 Å². The van der Waals surface area contributed by atoms with E-state index in [1.807, 2.05) is 11.8 Å². The smallest absolute Gasteiger partial charge is 0.249 e. The van der Waals surface area contributed by atoms with E-state index in [-0.39, 0.29) is 0 Å². The predicted octanol–water partition coefficient (Wildman–Crippen LogP) is 0.778. The summed E-state index contributed by atoms with van der Waals surface area (Å²) < 4.78 is 0. The highest BCUT2D eigenvalue weighted by Gasteiger charge is 1.75. The standard InChI is InChI=1S/C4H4NO2Si/c1-2-4-8-5-7-6-3-1/h1-4H/b3-1-,4-2-,8-5?. The molecule has 0 aromatic heterocycles. The SMILES string of the molecule is C1=C\OON=[Si]\C=C/1. The van der Waals surface area contributed by atoms with Crippen LogP contribution in [0.3, 0.4) is 0 Å². The van der Waals surface area contributed by atoms with Crippen molar-refractivity contribution in [2.75, 3.05) is 0 Å². The van der Waals surface area contributed by atoms with Crippen LogP contribution in [0.5, 0.6) is 0 Å². The van der Waals surface area contributed by atoms with Crippen molar-refractivity contribution in [3.8, 4) is 0 Å².